The Bertz CT molecular complexity index is 3130. The maximum atomic E-state index is 4.37. The quantitative estimate of drug-likeness (QED) is 0.143. The van der Waals surface area contributed by atoms with Crippen LogP contribution in [0.15, 0.2) is 215 Å². The first-order valence-corrected chi connectivity index (χ1v) is 38.9. The van der Waals surface area contributed by atoms with E-state index in [1.165, 1.54) is 23.0 Å². The molecule has 108 heavy (non-hydrogen) atoms. The zero-order chi connectivity index (χ0) is 83.8. The van der Waals surface area contributed by atoms with Crippen LogP contribution in [0.1, 0.15) is 200 Å². The van der Waals surface area contributed by atoms with Gasteiger partial charge in [0.05, 0.1) is 113 Å². The van der Waals surface area contributed by atoms with Gasteiger partial charge in [-0.25, -0.2) is 47.3 Å². The van der Waals surface area contributed by atoms with Crippen LogP contribution in [0.4, 0.5) is 0 Å². The maximum absolute atomic E-state index is 4.37. The lowest BCUT2D eigenvalue weighted by atomic mass is 10.1. The van der Waals surface area contributed by atoms with Crippen LogP contribution in [0.3, 0.4) is 0 Å². The molecule has 0 atom stereocenters. The zero-order valence-corrected chi connectivity index (χ0v) is 73.7. The normalized spacial score (nSPS) is 8.56. The number of aryl methyl sites for hydroxylation is 12. The Labute approximate surface area is 656 Å². The summed E-state index contributed by atoms with van der Waals surface area (Å²) < 4.78 is 11.9. The molecule has 0 saturated heterocycles. The Morgan fingerprint density at radius 1 is 0.204 bits per heavy atom. The van der Waals surface area contributed by atoms with Crippen LogP contribution >= 0.6 is 0 Å². The molecular formula is C89H143N19+6. The Balaban J connectivity index is -0.000000273. The topological polar surface area (TPSA) is 191 Å². The van der Waals surface area contributed by atoms with Crippen molar-refractivity contribution in [1.82, 2.24) is 64.8 Å². The molecule has 588 valence electrons. The van der Waals surface area contributed by atoms with Crippen molar-refractivity contribution >= 4 is 0 Å². The van der Waals surface area contributed by atoms with Gasteiger partial charge >= 0.3 is 34.9 Å². The highest BCUT2D eigenvalue weighted by molar-refractivity contribution is 5.58. The number of hydrogen-bond donors (Lipinski definition) is 0. The second-order valence-electron chi connectivity index (χ2n) is 19.2. The summed E-state index contributed by atoms with van der Waals surface area (Å²) in [6.45, 7) is 60.1. The van der Waals surface area contributed by atoms with Crippen molar-refractivity contribution < 1.29 is 27.4 Å². The van der Waals surface area contributed by atoms with Gasteiger partial charge in [0.2, 0.25) is 0 Å². The molecular weight excluding hydrogens is 1340 g/mol. The lowest BCUT2D eigenvalue weighted by Crippen LogP contribution is -2.31. The van der Waals surface area contributed by atoms with E-state index in [-0.39, 0.29) is 0 Å². The number of benzene rings is 1. The van der Waals surface area contributed by atoms with Crippen LogP contribution in [-0.2, 0) is 42.3 Å². The standard InChI is InChI=1S/C12H13N2.3C11H12N3.2C10H11N4.12C2H6/c1-10-6-3-4-7-11(10)12-13-8-5-9-14(12)2;1-9-8-12-6-4-10(9)11-13-5-3-7-14(11)2;1-9-4-6-12-8-10(9)11-13-5-3-7-14(11)2;1-9-10(5-3-6-12-9)11-13-7-4-8-14(11)2;1-8-9(6-11-7-13-8)10-12-4-3-5-14(10)2;1-8-6-11-7-13-9(8)10-12-4-3-5-14(10)2;12*1-2/h3-9H,1-2H3;3*3-8H,1-2H3;2*3-7H,1-2H3;12*1-2H3/q6*+1;;;;;;;;;;;;. The van der Waals surface area contributed by atoms with Crippen LogP contribution in [0.25, 0.3) is 68.5 Å². The fraction of sp³-hybridized carbons (Fsp3) is 0.404. The third-order valence-corrected chi connectivity index (χ3v) is 13.0. The highest BCUT2D eigenvalue weighted by atomic mass is 15.1. The van der Waals surface area contributed by atoms with E-state index in [9.17, 15) is 0 Å². The fourth-order valence-electron chi connectivity index (χ4n) is 8.39. The highest BCUT2D eigenvalue weighted by Crippen LogP contribution is 2.20. The summed E-state index contributed by atoms with van der Waals surface area (Å²) in [5.41, 5.74) is 12.9. The van der Waals surface area contributed by atoms with Crippen LogP contribution < -0.4 is 27.4 Å². The third kappa shape index (κ3) is 40.1. The predicted octanol–water partition coefficient (Wildman–Crippen LogP) is 19.4. The average Bonchev–Trinajstić information content (AvgIpc) is 0.883. The molecule has 12 aromatic rings. The molecule has 0 unspecified atom stereocenters. The van der Waals surface area contributed by atoms with Crippen LogP contribution in [-0.4, -0.2) is 64.8 Å². The van der Waals surface area contributed by atoms with E-state index in [0.29, 0.717) is 0 Å². The molecule has 19 heteroatoms. The van der Waals surface area contributed by atoms with Gasteiger partial charge in [0.25, 0.3) is 0 Å². The van der Waals surface area contributed by atoms with Crippen molar-refractivity contribution in [3.05, 3.63) is 249 Å². The number of pyridine rings is 3. The summed E-state index contributed by atoms with van der Waals surface area (Å²) in [5.74, 6) is 5.59. The molecule has 0 amide bonds. The van der Waals surface area contributed by atoms with Crippen molar-refractivity contribution in [3.8, 4) is 68.5 Å². The van der Waals surface area contributed by atoms with Crippen LogP contribution in [0, 0.1) is 41.5 Å². The second-order valence-corrected chi connectivity index (χ2v) is 19.2. The van der Waals surface area contributed by atoms with Gasteiger partial charge in [0, 0.05) is 85.3 Å². The predicted molar refractivity (Wildman–Crippen MR) is 454 cm³/mol. The monoisotopic (exact) mass is 1480 g/mol. The molecule has 11 heterocycles. The largest absolute Gasteiger partial charge is 0.348 e. The van der Waals surface area contributed by atoms with Crippen LogP contribution in [0.5, 0.6) is 0 Å². The fourth-order valence-corrected chi connectivity index (χ4v) is 8.39. The second kappa shape index (κ2) is 73.2. The van der Waals surface area contributed by atoms with Gasteiger partial charge in [-0.2, -0.15) is 0 Å². The van der Waals surface area contributed by atoms with E-state index >= 15 is 0 Å². The molecule has 0 radical (unpaired) electrons. The molecule has 0 N–H and O–H groups in total. The van der Waals surface area contributed by atoms with Crippen molar-refractivity contribution in [1.29, 1.82) is 0 Å². The smallest absolute Gasteiger partial charge is 0.264 e. The maximum Gasteiger partial charge on any atom is 0.348 e. The summed E-state index contributed by atoms with van der Waals surface area (Å²) in [6.07, 6.45) is 38.3. The van der Waals surface area contributed by atoms with E-state index in [1.54, 1.807) is 68.3 Å². The molecule has 11 aromatic heterocycles. The van der Waals surface area contributed by atoms with Gasteiger partial charge in [-0.05, 0) is 118 Å². The van der Waals surface area contributed by atoms with E-state index in [4.69, 9.17) is 0 Å². The van der Waals surface area contributed by atoms with Gasteiger partial charge in [-0.1, -0.05) is 184 Å². The van der Waals surface area contributed by atoms with E-state index in [1.807, 2.05) is 392 Å². The molecule has 0 aliphatic rings. The Hall–Kier alpha value is -10.7. The first-order chi connectivity index (χ1) is 52.7. The Morgan fingerprint density at radius 3 is 0.861 bits per heavy atom. The minimum Gasteiger partial charge on any atom is -0.264 e. The lowest BCUT2D eigenvalue weighted by molar-refractivity contribution is -0.663. The van der Waals surface area contributed by atoms with Crippen molar-refractivity contribution in [2.24, 2.45) is 42.3 Å². The molecule has 19 nitrogen and oxygen atoms in total. The van der Waals surface area contributed by atoms with Gasteiger partial charge in [-0.3, -0.25) is 15.0 Å². The van der Waals surface area contributed by atoms with Crippen molar-refractivity contribution in [3.63, 3.8) is 0 Å². The molecule has 0 aliphatic carbocycles. The summed E-state index contributed by atoms with van der Waals surface area (Å²) >= 11 is 0. The highest BCUT2D eigenvalue weighted by Gasteiger charge is 2.19. The minimum absolute atomic E-state index is 0.854. The summed E-state index contributed by atoms with van der Waals surface area (Å²) in [6, 6.07) is 27.7. The van der Waals surface area contributed by atoms with Gasteiger partial charge in [0.15, 0.2) is 5.69 Å². The number of aromatic nitrogens is 19. The van der Waals surface area contributed by atoms with E-state index in [0.717, 1.165) is 85.4 Å². The summed E-state index contributed by atoms with van der Waals surface area (Å²) in [5, 5.41) is 0. The Kier molecular flexibility index (Phi) is 73.4. The van der Waals surface area contributed by atoms with Crippen LogP contribution in [0.2, 0.25) is 0 Å². The lowest BCUT2D eigenvalue weighted by Gasteiger charge is -2.00. The third-order valence-electron chi connectivity index (χ3n) is 13.0. The Morgan fingerprint density at radius 2 is 0.491 bits per heavy atom. The minimum atomic E-state index is 0.854. The number of hydrogen-bond acceptors (Lipinski definition) is 13. The summed E-state index contributed by atoms with van der Waals surface area (Å²) in [7, 11) is 11.9. The van der Waals surface area contributed by atoms with Gasteiger partial charge in [-0.15, -0.1) is 0 Å². The molecule has 0 aliphatic heterocycles. The van der Waals surface area contributed by atoms with Crippen molar-refractivity contribution in [2.75, 3.05) is 0 Å². The average molecular weight is 1480 g/mol. The molecule has 0 fully saturated rings. The van der Waals surface area contributed by atoms with Gasteiger partial charge in [0.1, 0.15) is 55.4 Å². The molecule has 12 rings (SSSR count). The molecule has 0 spiro atoms. The molecule has 0 saturated carbocycles. The van der Waals surface area contributed by atoms with E-state index in [2.05, 4.69) is 90.8 Å². The summed E-state index contributed by atoms with van der Waals surface area (Å²) in [4.78, 5) is 54.7. The molecule has 1 aromatic carbocycles. The first-order valence-electron chi connectivity index (χ1n) is 38.9. The number of nitrogens with zero attached hydrogens (tertiary/aromatic N) is 19. The van der Waals surface area contributed by atoms with E-state index < -0.39 is 0 Å². The molecule has 0 bridgehead atoms. The zero-order valence-electron chi connectivity index (χ0n) is 73.7. The number of rotatable bonds is 6. The van der Waals surface area contributed by atoms with Gasteiger partial charge < -0.3 is 0 Å². The first kappa shape index (κ1) is 108. The SMILES string of the molecule is CC.CC.CC.CC.CC.CC.CC.CC.CC.CC.CC.CC.Cc1ccccc1-c1nccc[n+]1C.Cc1ccncc1-c1nccc[n+]1C.Cc1cnccc1-c1nccc[n+]1C.Cc1cncnc1-c1nccc[n+]1C.Cc1ncccc1-c1nccc[n+]1C.Cc1ncncc1-c1nccc[n+]1C. The van der Waals surface area contributed by atoms with Crippen molar-refractivity contribution in [2.45, 2.75) is 208 Å².